The zero-order chi connectivity index (χ0) is 18.1. The molecule has 0 aliphatic heterocycles. The first kappa shape index (κ1) is 22.8. The second kappa shape index (κ2) is 11.5. The van der Waals surface area contributed by atoms with E-state index in [1.54, 1.807) is 17.4 Å². The predicted octanol–water partition coefficient (Wildman–Crippen LogP) is 2.14. The van der Waals surface area contributed by atoms with Gasteiger partial charge in [0.2, 0.25) is 10.0 Å². The molecule has 0 unspecified atom stereocenters. The van der Waals surface area contributed by atoms with E-state index in [1.165, 1.54) is 24.0 Å². The summed E-state index contributed by atoms with van der Waals surface area (Å²) in [7, 11) is -1.59. The number of thiophene rings is 1. The molecule has 10 heteroatoms. The molecule has 7 nitrogen and oxygen atoms in total. The Kier molecular flexibility index (Phi) is 10.1. The van der Waals surface area contributed by atoms with Gasteiger partial charge in [-0.25, -0.2) is 13.1 Å². The average molecular weight is 509 g/mol. The molecule has 2 N–H and O–H groups in total. The molecule has 2 heterocycles. The van der Waals surface area contributed by atoms with Crippen molar-refractivity contribution in [2.24, 2.45) is 4.99 Å². The SMILES string of the molecule is CCNC(=NCCNS(=O)(=O)c1cccnc1)N(C)Cc1ccsc1.I. The van der Waals surface area contributed by atoms with E-state index in [9.17, 15) is 8.42 Å². The standard InChI is InChI=1S/C16H23N5O2S2.HI/c1-3-18-16(21(2)12-14-6-10-24-13-14)19-8-9-20-25(22,23)15-5-4-7-17-11-15;/h4-7,10-11,13,20H,3,8-9,12H2,1-2H3,(H,18,19);1H. The Morgan fingerprint density at radius 3 is 2.81 bits per heavy atom. The predicted molar refractivity (Wildman–Crippen MR) is 117 cm³/mol. The van der Waals surface area contributed by atoms with Crippen LogP contribution in [-0.2, 0) is 16.6 Å². The van der Waals surface area contributed by atoms with Gasteiger partial charge in [-0.1, -0.05) is 0 Å². The van der Waals surface area contributed by atoms with Gasteiger partial charge in [0, 0.05) is 39.1 Å². The Balaban J connectivity index is 0.00000338. The number of rotatable bonds is 8. The van der Waals surface area contributed by atoms with Gasteiger partial charge in [-0.2, -0.15) is 11.3 Å². The number of nitrogens with one attached hydrogen (secondary N) is 2. The van der Waals surface area contributed by atoms with Gasteiger partial charge in [0.15, 0.2) is 5.96 Å². The fourth-order valence-electron chi connectivity index (χ4n) is 2.13. The summed E-state index contributed by atoms with van der Waals surface area (Å²) >= 11 is 1.66. The van der Waals surface area contributed by atoms with E-state index < -0.39 is 10.0 Å². The van der Waals surface area contributed by atoms with Crippen molar-refractivity contribution in [3.05, 3.63) is 46.9 Å². The molecule has 0 aromatic carbocycles. The molecule has 0 bridgehead atoms. The number of aromatic nitrogens is 1. The Morgan fingerprint density at radius 1 is 1.38 bits per heavy atom. The molecule has 2 rings (SSSR count). The Bertz CT molecular complexity index is 767. The lowest BCUT2D eigenvalue weighted by Gasteiger charge is -2.21. The molecular weight excluding hydrogens is 485 g/mol. The summed E-state index contributed by atoms with van der Waals surface area (Å²) in [6.07, 6.45) is 2.86. The Morgan fingerprint density at radius 2 is 2.19 bits per heavy atom. The molecule has 0 amide bonds. The van der Waals surface area contributed by atoms with Crippen molar-refractivity contribution in [2.75, 3.05) is 26.7 Å². The summed E-state index contributed by atoms with van der Waals surface area (Å²) in [4.78, 5) is 10.5. The molecule has 0 aliphatic rings. The smallest absolute Gasteiger partial charge is 0.242 e. The van der Waals surface area contributed by atoms with Crippen molar-refractivity contribution in [3.8, 4) is 0 Å². The number of guanidine groups is 1. The second-order valence-corrected chi connectivity index (χ2v) is 7.86. The zero-order valence-electron chi connectivity index (χ0n) is 14.8. The zero-order valence-corrected chi connectivity index (χ0v) is 18.7. The van der Waals surface area contributed by atoms with Gasteiger partial charge in [-0.05, 0) is 41.4 Å². The van der Waals surface area contributed by atoms with Crippen molar-refractivity contribution in [1.82, 2.24) is 19.9 Å². The Hall–Kier alpha value is -1.24. The van der Waals surface area contributed by atoms with Gasteiger partial charge >= 0.3 is 0 Å². The molecule has 0 saturated carbocycles. The van der Waals surface area contributed by atoms with Gasteiger partial charge in [-0.3, -0.25) is 9.98 Å². The molecule has 26 heavy (non-hydrogen) atoms. The first-order valence-electron chi connectivity index (χ1n) is 7.93. The molecule has 2 aromatic heterocycles. The van der Waals surface area contributed by atoms with Gasteiger partial charge in [-0.15, -0.1) is 24.0 Å². The van der Waals surface area contributed by atoms with Crippen LogP contribution in [0.1, 0.15) is 12.5 Å². The number of aliphatic imine (C=N–C) groups is 1. The van der Waals surface area contributed by atoms with Crippen molar-refractivity contribution in [2.45, 2.75) is 18.4 Å². The van der Waals surface area contributed by atoms with Gasteiger partial charge in [0.05, 0.1) is 6.54 Å². The third-order valence-electron chi connectivity index (χ3n) is 3.31. The molecule has 0 saturated heterocycles. The number of pyridine rings is 1. The highest BCUT2D eigenvalue weighted by atomic mass is 127. The van der Waals surface area contributed by atoms with Crippen LogP contribution < -0.4 is 10.0 Å². The monoisotopic (exact) mass is 509 g/mol. The van der Waals surface area contributed by atoms with Crippen molar-refractivity contribution in [1.29, 1.82) is 0 Å². The van der Waals surface area contributed by atoms with Crippen LogP contribution >= 0.6 is 35.3 Å². The first-order valence-corrected chi connectivity index (χ1v) is 10.4. The molecule has 0 radical (unpaired) electrons. The molecule has 144 valence electrons. The minimum atomic E-state index is -3.55. The van der Waals surface area contributed by atoms with Gasteiger partial charge in [0.25, 0.3) is 0 Å². The fourth-order valence-corrected chi connectivity index (χ4v) is 3.78. The largest absolute Gasteiger partial charge is 0.357 e. The van der Waals surface area contributed by atoms with E-state index in [1.807, 2.05) is 24.3 Å². The van der Waals surface area contributed by atoms with Crippen LogP contribution in [0, 0.1) is 0 Å². The van der Waals surface area contributed by atoms with Gasteiger partial charge < -0.3 is 10.2 Å². The molecular formula is C16H24IN5O2S2. The second-order valence-electron chi connectivity index (χ2n) is 5.31. The van der Waals surface area contributed by atoms with E-state index in [2.05, 4.69) is 31.5 Å². The number of nitrogens with zero attached hydrogens (tertiary/aromatic N) is 3. The van der Waals surface area contributed by atoms with Crippen LogP contribution in [-0.4, -0.2) is 50.9 Å². The summed E-state index contributed by atoms with van der Waals surface area (Å²) < 4.78 is 26.8. The van der Waals surface area contributed by atoms with E-state index in [4.69, 9.17) is 0 Å². The summed E-state index contributed by atoms with van der Waals surface area (Å²) in [6.45, 7) is 4.05. The van der Waals surface area contributed by atoms with Crippen LogP contribution in [0.15, 0.2) is 51.2 Å². The van der Waals surface area contributed by atoms with Crippen LogP contribution in [0.3, 0.4) is 0 Å². The molecule has 0 aliphatic carbocycles. The molecule has 0 atom stereocenters. The van der Waals surface area contributed by atoms with E-state index >= 15 is 0 Å². The van der Waals surface area contributed by atoms with Crippen molar-refractivity contribution >= 4 is 51.3 Å². The lowest BCUT2D eigenvalue weighted by molar-refractivity contribution is 0.477. The third kappa shape index (κ3) is 7.17. The van der Waals surface area contributed by atoms with Crippen LogP contribution in [0.5, 0.6) is 0 Å². The van der Waals surface area contributed by atoms with Crippen LogP contribution in [0.4, 0.5) is 0 Å². The van der Waals surface area contributed by atoms with Crippen LogP contribution in [0.25, 0.3) is 0 Å². The molecule has 0 spiro atoms. The lowest BCUT2D eigenvalue weighted by Crippen LogP contribution is -2.39. The van der Waals surface area contributed by atoms with E-state index in [0.29, 0.717) is 6.54 Å². The van der Waals surface area contributed by atoms with E-state index in [0.717, 1.165) is 19.0 Å². The minimum absolute atomic E-state index is 0. The molecule has 2 aromatic rings. The topological polar surface area (TPSA) is 86.7 Å². The fraction of sp³-hybridized carbons (Fsp3) is 0.375. The maximum Gasteiger partial charge on any atom is 0.242 e. The summed E-state index contributed by atoms with van der Waals surface area (Å²) in [6, 6.07) is 5.18. The highest BCUT2D eigenvalue weighted by molar-refractivity contribution is 14.0. The maximum atomic E-state index is 12.1. The Labute approximate surface area is 176 Å². The number of halogens is 1. The summed E-state index contributed by atoms with van der Waals surface area (Å²) in [5.41, 5.74) is 1.22. The highest BCUT2D eigenvalue weighted by Crippen LogP contribution is 2.08. The highest BCUT2D eigenvalue weighted by Gasteiger charge is 2.13. The quantitative estimate of drug-likeness (QED) is 0.247. The average Bonchev–Trinajstić information content (AvgIpc) is 3.11. The summed E-state index contributed by atoms with van der Waals surface area (Å²) in [5.74, 6) is 0.745. The van der Waals surface area contributed by atoms with E-state index in [-0.39, 0.29) is 35.4 Å². The van der Waals surface area contributed by atoms with Crippen molar-refractivity contribution < 1.29 is 8.42 Å². The first-order chi connectivity index (χ1) is 12.0. The van der Waals surface area contributed by atoms with Crippen LogP contribution in [0.2, 0.25) is 0 Å². The number of sulfonamides is 1. The molecule has 0 fully saturated rings. The maximum absolute atomic E-state index is 12.1. The number of hydrogen-bond donors (Lipinski definition) is 2. The lowest BCUT2D eigenvalue weighted by atomic mass is 10.3. The number of hydrogen-bond acceptors (Lipinski definition) is 5. The van der Waals surface area contributed by atoms with Crippen molar-refractivity contribution in [3.63, 3.8) is 0 Å². The third-order valence-corrected chi connectivity index (χ3v) is 5.48. The van der Waals surface area contributed by atoms with Gasteiger partial charge in [0.1, 0.15) is 4.90 Å². The summed E-state index contributed by atoms with van der Waals surface area (Å²) in [5, 5.41) is 7.36. The minimum Gasteiger partial charge on any atom is -0.357 e. The normalized spacial score (nSPS) is 11.7.